The molecular weight excluding hydrogens is 326 g/mol. The van der Waals surface area contributed by atoms with Gasteiger partial charge in [-0.3, -0.25) is 4.79 Å². The fourth-order valence-electron chi connectivity index (χ4n) is 2.12. The number of nitrogens with one attached hydrogen (secondary N) is 1. The van der Waals surface area contributed by atoms with Gasteiger partial charge in [0, 0.05) is 30.5 Å². The first kappa shape index (κ1) is 16.0. The number of carbonyl (C=O) groups is 1. The highest BCUT2D eigenvalue weighted by atomic mass is 35.5. The summed E-state index contributed by atoms with van der Waals surface area (Å²) in [4.78, 5) is 18.3. The van der Waals surface area contributed by atoms with Gasteiger partial charge in [-0.05, 0) is 48.5 Å². The molecule has 0 fully saturated rings. The minimum absolute atomic E-state index is 0.0987. The van der Waals surface area contributed by atoms with Crippen molar-refractivity contribution in [1.82, 2.24) is 14.8 Å². The summed E-state index contributed by atoms with van der Waals surface area (Å²) in [5.74, 6) is -0.262. The quantitative estimate of drug-likeness (QED) is 0.791. The summed E-state index contributed by atoms with van der Waals surface area (Å²) < 4.78 is 1.53. The van der Waals surface area contributed by atoms with Crippen molar-refractivity contribution in [1.29, 1.82) is 0 Å². The van der Waals surface area contributed by atoms with Crippen molar-refractivity contribution in [2.24, 2.45) is 0 Å². The molecule has 7 heteroatoms. The SMILES string of the molecule is CN(C)c1ccc(NC(=O)c2ncn(-c3ccc(Cl)cc3)n2)cc1. The number of halogens is 1. The van der Waals surface area contributed by atoms with E-state index < -0.39 is 0 Å². The van der Waals surface area contributed by atoms with Gasteiger partial charge in [-0.2, -0.15) is 0 Å². The van der Waals surface area contributed by atoms with E-state index in [-0.39, 0.29) is 11.7 Å². The van der Waals surface area contributed by atoms with E-state index >= 15 is 0 Å². The van der Waals surface area contributed by atoms with Gasteiger partial charge in [0.05, 0.1) is 5.69 Å². The van der Waals surface area contributed by atoms with Crippen molar-refractivity contribution < 1.29 is 4.79 Å². The third-order valence-corrected chi connectivity index (χ3v) is 3.68. The fourth-order valence-corrected chi connectivity index (χ4v) is 2.24. The molecule has 3 rings (SSSR count). The number of aromatic nitrogens is 3. The van der Waals surface area contributed by atoms with Gasteiger partial charge in [0.2, 0.25) is 5.82 Å². The summed E-state index contributed by atoms with van der Waals surface area (Å²) in [6.07, 6.45) is 1.49. The maximum Gasteiger partial charge on any atom is 0.295 e. The first-order valence-corrected chi connectivity index (χ1v) is 7.67. The van der Waals surface area contributed by atoms with Crippen LogP contribution in [0.15, 0.2) is 54.9 Å². The van der Waals surface area contributed by atoms with Crippen LogP contribution in [-0.4, -0.2) is 34.8 Å². The standard InChI is InChI=1S/C17H16ClN5O/c1-22(2)14-9-5-13(6-10-14)20-17(24)16-19-11-23(21-16)15-7-3-12(18)4-8-15/h3-11H,1-2H3,(H,20,24). The summed E-state index contributed by atoms with van der Waals surface area (Å²) in [6.45, 7) is 0. The Morgan fingerprint density at radius 2 is 1.75 bits per heavy atom. The number of nitrogens with zero attached hydrogens (tertiary/aromatic N) is 4. The number of hydrogen-bond acceptors (Lipinski definition) is 4. The number of hydrogen-bond donors (Lipinski definition) is 1. The Morgan fingerprint density at radius 1 is 1.08 bits per heavy atom. The predicted octanol–water partition coefficient (Wildman–Crippen LogP) is 3.24. The lowest BCUT2D eigenvalue weighted by molar-refractivity contribution is 0.101. The molecule has 0 unspecified atom stereocenters. The third-order valence-electron chi connectivity index (χ3n) is 3.43. The van der Waals surface area contributed by atoms with Gasteiger partial charge in [-0.15, -0.1) is 5.10 Å². The second kappa shape index (κ2) is 6.72. The molecule has 1 N–H and O–H groups in total. The number of rotatable bonds is 4. The van der Waals surface area contributed by atoms with E-state index in [1.54, 1.807) is 24.3 Å². The minimum atomic E-state index is -0.361. The van der Waals surface area contributed by atoms with E-state index in [1.807, 2.05) is 43.3 Å². The molecule has 1 amide bonds. The molecule has 0 saturated heterocycles. The topological polar surface area (TPSA) is 63.1 Å². The number of amides is 1. The lowest BCUT2D eigenvalue weighted by atomic mass is 10.2. The third kappa shape index (κ3) is 3.55. The average Bonchev–Trinajstić information content (AvgIpc) is 3.06. The largest absolute Gasteiger partial charge is 0.378 e. The van der Waals surface area contributed by atoms with Crippen molar-refractivity contribution in [3.8, 4) is 5.69 Å². The van der Waals surface area contributed by atoms with Crippen molar-refractivity contribution in [3.05, 3.63) is 65.7 Å². The molecule has 0 radical (unpaired) electrons. The van der Waals surface area contributed by atoms with E-state index in [0.717, 1.165) is 11.4 Å². The molecule has 0 saturated carbocycles. The van der Waals surface area contributed by atoms with Crippen LogP contribution in [0.5, 0.6) is 0 Å². The van der Waals surface area contributed by atoms with E-state index in [9.17, 15) is 4.79 Å². The van der Waals surface area contributed by atoms with Crippen molar-refractivity contribution in [2.45, 2.75) is 0 Å². The van der Waals surface area contributed by atoms with Gasteiger partial charge in [0.15, 0.2) is 0 Å². The molecular formula is C17H16ClN5O. The molecule has 0 bridgehead atoms. The molecule has 0 spiro atoms. The van der Waals surface area contributed by atoms with Crippen molar-refractivity contribution in [2.75, 3.05) is 24.3 Å². The monoisotopic (exact) mass is 341 g/mol. The van der Waals surface area contributed by atoms with Gasteiger partial charge < -0.3 is 10.2 Å². The Labute approximate surface area is 144 Å². The van der Waals surface area contributed by atoms with Gasteiger partial charge >= 0.3 is 0 Å². The van der Waals surface area contributed by atoms with Gasteiger partial charge in [-0.1, -0.05) is 11.6 Å². The molecule has 2 aromatic carbocycles. The Kier molecular flexibility index (Phi) is 4.48. The highest BCUT2D eigenvalue weighted by Gasteiger charge is 2.12. The normalized spacial score (nSPS) is 10.5. The Hall–Kier alpha value is -2.86. The first-order chi connectivity index (χ1) is 11.5. The molecule has 1 heterocycles. The van der Waals surface area contributed by atoms with Crippen molar-refractivity contribution >= 4 is 28.9 Å². The Morgan fingerprint density at radius 3 is 2.38 bits per heavy atom. The molecule has 1 aromatic heterocycles. The van der Waals surface area contributed by atoms with Gasteiger partial charge in [-0.25, -0.2) is 9.67 Å². The lowest BCUT2D eigenvalue weighted by Gasteiger charge is -2.12. The van der Waals surface area contributed by atoms with Gasteiger partial charge in [0.25, 0.3) is 5.91 Å². The van der Waals surface area contributed by atoms with Crippen LogP contribution in [0.1, 0.15) is 10.6 Å². The highest BCUT2D eigenvalue weighted by molar-refractivity contribution is 6.30. The lowest BCUT2D eigenvalue weighted by Crippen LogP contribution is -2.14. The summed E-state index contributed by atoms with van der Waals surface area (Å²) >= 11 is 5.86. The Bertz CT molecular complexity index is 840. The molecule has 0 atom stereocenters. The molecule has 0 aliphatic rings. The summed E-state index contributed by atoms with van der Waals surface area (Å²) in [5, 5.41) is 7.61. The number of benzene rings is 2. The molecule has 6 nitrogen and oxygen atoms in total. The van der Waals surface area contributed by atoms with E-state index in [0.29, 0.717) is 10.7 Å². The smallest absolute Gasteiger partial charge is 0.295 e. The fraction of sp³-hybridized carbons (Fsp3) is 0.118. The van der Waals surface area contributed by atoms with Crippen LogP contribution in [-0.2, 0) is 0 Å². The number of carbonyl (C=O) groups excluding carboxylic acids is 1. The Balaban J connectivity index is 1.72. The maximum absolute atomic E-state index is 12.3. The van der Waals surface area contributed by atoms with Gasteiger partial charge in [0.1, 0.15) is 6.33 Å². The average molecular weight is 342 g/mol. The highest BCUT2D eigenvalue weighted by Crippen LogP contribution is 2.16. The zero-order chi connectivity index (χ0) is 17.1. The van der Waals surface area contributed by atoms with Crippen LogP contribution in [0.25, 0.3) is 5.69 Å². The predicted molar refractivity (Wildman–Crippen MR) is 95.1 cm³/mol. The first-order valence-electron chi connectivity index (χ1n) is 7.29. The van der Waals surface area contributed by atoms with E-state index in [4.69, 9.17) is 11.6 Å². The van der Waals surface area contributed by atoms with Crippen LogP contribution in [0.3, 0.4) is 0 Å². The number of anilines is 2. The second-order valence-corrected chi connectivity index (χ2v) is 5.82. The zero-order valence-corrected chi connectivity index (χ0v) is 14.0. The molecule has 122 valence electrons. The molecule has 0 aliphatic heterocycles. The summed E-state index contributed by atoms with van der Waals surface area (Å²) in [5.41, 5.74) is 2.52. The second-order valence-electron chi connectivity index (χ2n) is 5.38. The zero-order valence-electron chi connectivity index (χ0n) is 13.3. The molecule has 24 heavy (non-hydrogen) atoms. The summed E-state index contributed by atoms with van der Waals surface area (Å²) in [7, 11) is 3.92. The van der Waals surface area contributed by atoms with Crippen LogP contribution >= 0.6 is 11.6 Å². The minimum Gasteiger partial charge on any atom is -0.378 e. The van der Waals surface area contributed by atoms with E-state index in [1.165, 1.54) is 11.0 Å². The molecule has 3 aromatic rings. The van der Waals surface area contributed by atoms with Crippen molar-refractivity contribution in [3.63, 3.8) is 0 Å². The van der Waals surface area contributed by atoms with Crippen LogP contribution in [0.4, 0.5) is 11.4 Å². The van der Waals surface area contributed by atoms with E-state index in [2.05, 4.69) is 15.4 Å². The van der Waals surface area contributed by atoms with Crippen LogP contribution in [0.2, 0.25) is 5.02 Å². The van der Waals surface area contributed by atoms with Crippen LogP contribution < -0.4 is 10.2 Å². The molecule has 0 aliphatic carbocycles. The van der Waals surface area contributed by atoms with Crippen LogP contribution in [0, 0.1) is 0 Å². The summed E-state index contributed by atoms with van der Waals surface area (Å²) in [6, 6.07) is 14.6. The maximum atomic E-state index is 12.3.